The average molecular weight is 341 g/mol. The predicted octanol–water partition coefficient (Wildman–Crippen LogP) is 2.66. The third-order valence-electron chi connectivity index (χ3n) is 5.00. The zero-order valence-electron chi connectivity index (χ0n) is 15.3. The molecule has 6 nitrogen and oxygen atoms in total. The number of benzene rings is 1. The minimum atomic E-state index is -0.00615. The predicted molar refractivity (Wildman–Crippen MR) is 99.9 cm³/mol. The molecule has 1 fully saturated rings. The number of piperazine rings is 1. The summed E-state index contributed by atoms with van der Waals surface area (Å²) in [5.74, 6) is 1.05. The van der Waals surface area contributed by atoms with Crippen molar-refractivity contribution in [3.63, 3.8) is 0 Å². The minimum Gasteiger partial charge on any atom is -0.334 e. The van der Waals surface area contributed by atoms with Crippen molar-refractivity contribution in [2.75, 3.05) is 38.0 Å². The molecule has 2 aromatic rings. The Morgan fingerprint density at radius 3 is 2.48 bits per heavy atom. The summed E-state index contributed by atoms with van der Waals surface area (Å²) in [7, 11) is 0. The second-order valence-electron chi connectivity index (χ2n) is 6.73. The summed E-state index contributed by atoms with van der Waals surface area (Å²) in [6.07, 6.45) is 3.85. The van der Waals surface area contributed by atoms with Crippen LogP contribution in [-0.4, -0.2) is 58.1 Å². The van der Waals surface area contributed by atoms with Gasteiger partial charge in [-0.3, -0.25) is 4.90 Å². The highest BCUT2D eigenvalue weighted by Gasteiger charge is 2.21. The van der Waals surface area contributed by atoms with Gasteiger partial charge in [-0.05, 0) is 44.0 Å². The van der Waals surface area contributed by atoms with Crippen LogP contribution in [0, 0.1) is 20.8 Å². The smallest absolute Gasteiger partial charge is 0.321 e. The van der Waals surface area contributed by atoms with Gasteiger partial charge in [-0.15, -0.1) is 0 Å². The lowest BCUT2D eigenvalue weighted by Gasteiger charge is -2.34. The van der Waals surface area contributed by atoms with Crippen LogP contribution >= 0.6 is 0 Å². The number of urea groups is 1. The molecule has 0 spiro atoms. The Bertz CT molecular complexity index is 731. The number of aryl methyl sites for hydroxylation is 3. The molecule has 25 heavy (non-hydrogen) atoms. The molecule has 1 N–H and O–H groups in total. The van der Waals surface area contributed by atoms with E-state index in [1.165, 1.54) is 11.1 Å². The summed E-state index contributed by atoms with van der Waals surface area (Å²) >= 11 is 0. The van der Waals surface area contributed by atoms with Crippen molar-refractivity contribution in [1.82, 2.24) is 19.4 Å². The van der Waals surface area contributed by atoms with Crippen molar-refractivity contribution in [2.45, 2.75) is 27.3 Å². The fourth-order valence-corrected chi connectivity index (χ4v) is 3.09. The molecular weight excluding hydrogens is 314 g/mol. The highest BCUT2D eigenvalue weighted by Crippen LogP contribution is 2.15. The van der Waals surface area contributed by atoms with Crippen LogP contribution in [-0.2, 0) is 6.54 Å². The first kappa shape index (κ1) is 17.5. The normalized spacial score (nSPS) is 15.4. The molecule has 1 saturated heterocycles. The van der Waals surface area contributed by atoms with Gasteiger partial charge in [-0.25, -0.2) is 9.78 Å². The van der Waals surface area contributed by atoms with E-state index in [1.54, 1.807) is 0 Å². The molecule has 0 atom stereocenters. The Labute approximate surface area is 149 Å². The molecule has 0 unspecified atom stereocenters. The number of anilines is 1. The van der Waals surface area contributed by atoms with Gasteiger partial charge in [0.25, 0.3) is 0 Å². The maximum absolute atomic E-state index is 12.4. The maximum atomic E-state index is 12.4. The molecule has 1 aliphatic rings. The van der Waals surface area contributed by atoms with Crippen molar-refractivity contribution >= 4 is 11.7 Å². The zero-order chi connectivity index (χ0) is 17.8. The number of imidazole rings is 1. The lowest BCUT2D eigenvalue weighted by Crippen LogP contribution is -2.50. The van der Waals surface area contributed by atoms with Gasteiger partial charge in [0.05, 0.1) is 0 Å². The number of carbonyl (C=O) groups is 1. The van der Waals surface area contributed by atoms with Crippen LogP contribution < -0.4 is 5.32 Å². The number of hydrogen-bond donors (Lipinski definition) is 1. The van der Waals surface area contributed by atoms with Gasteiger partial charge in [-0.1, -0.05) is 6.07 Å². The number of nitrogens with zero attached hydrogens (tertiary/aromatic N) is 4. The van der Waals surface area contributed by atoms with Crippen LogP contribution in [0.5, 0.6) is 0 Å². The molecule has 1 aromatic heterocycles. The number of rotatable bonds is 4. The molecule has 1 aromatic carbocycles. The number of hydrogen-bond acceptors (Lipinski definition) is 3. The second kappa shape index (κ2) is 7.70. The number of nitrogens with one attached hydrogen (secondary N) is 1. The third-order valence-corrected chi connectivity index (χ3v) is 5.00. The minimum absolute atomic E-state index is 0.00615. The van der Waals surface area contributed by atoms with E-state index in [2.05, 4.69) is 33.6 Å². The van der Waals surface area contributed by atoms with Gasteiger partial charge in [0.15, 0.2) is 0 Å². The number of aromatic nitrogens is 2. The molecule has 0 radical (unpaired) electrons. The van der Waals surface area contributed by atoms with Crippen molar-refractivity contribution in [1.29, 1.82) is 0 Å². The Balaban J connectivity index is 1.45. The van der Waals surface area contributed by atoms with Gasteiger partial charge in [0, 0.05) is 57.3 Å². The van der Waals surface area contributed by atoms with Gasteiger partial charge in [-0.2, -0.15) is 0 Å². The lowest BCUT2D eigenvalue weighted by atomic mass is 10.1. The van der Waals surface area contributed by atoms with Crippen LogP contribution in [0.2, 0.25) is 0 Å². The molecular formula is C19H27N5O. The van der Waals surface area contributed by atoms with E-state index in [0.717, 1.165) is 50.8 Å². The molecule has 0 aliphatic carbocycles. The third kappa shape index (κ3) is 4.39. The van der Waals surface area contributed by atoms with E-state index in [0.29, 0.717) is 0 Å². The lowest BCUT2D eigenvalue weighted by molar-refractivity contribution is 0.144. The van der Waals surface area contributed by atoms with Gasteiger partial charge < -0.3 is 14.8 Å². The Kier molecular flexibility index (Phi) is 5.38. The fraction of sp³-hybridized carbons (Fsp3) is 0.474. The molecule has 3 rings (SSSR count). The van der Waals surface area contributed by atoms with Crippen LogP contribution in [0.25, 0.3) is 0 Å². The highest BCUT2D eigenvalue weighted by molar-refractivity contribution is 5.89. The quantitative estimate of drug-likeness (QED) is 0.930. The van der Waals surface area contributed by atoms with Crippen LogP contribution in [0.15, 0.2) is 30.6 Å². The first-order chi connectivity index (χ1) is 12.0. The van der Waals surface area contributed by atoms with Gasteiger partial charge >= 0.3 is 6.03 Å². The summed E-state index contributed by atoms with van der Waals surface area (Å²) in [5, 5.41) is 3.01. The second-order valence-corrected chi connectivity index (χ2v) is 6.73. The van der Waals surface area contributed by atoms with Crippen molar-refractivity contribution in [3.05, 3.63) is 47.5 Å². The number of amides is 2. The highest BCUT2D eigenvalue weighted by atomic mass is 16.2. The fourth-order valence-electron chi connectivity index (χ4n) is 3.09. The van der Waals surface area contributed by atoms with E-state index in [-0.39, 0.29) is 6.03 Å². The van der Waals surface area contributed by atoms with E-state index < -0.39 is 0 Å². The Morgan fingerprint density at radius 1 is 1.08 bits per heavy atom. The Morgan fingerprint density at radius 2 is 1.84 bits per heavy atom. The maximum Gasteiger partial charge on any atom is 0.321 e. The van der Waals surface area contributed by atoms with Crippen molar-refractivity contribution in [2.24, 2.45) is 0 Å². The largest absolute Gasteiger partial charge is 0.334 e. The van der Waals surface area contributed by atoms with E-state index in [4.69, 9.17) is 0 Å². The van der Waals surface area contributed by atoms with Crippen molar-refractivity contribution < 1.29 is 4.79 Å². The molecule has 6 heteroatoms. The number of carbonyl (C=O) groups excluding carboxylic acids is 1. The summed E-state index contributed by atoms with van der Waals surface area (Å²) < 4.78 is 2.17. The first-order valence-corrected chi connectivity index (χ1v) is 8.86. The topological polar surface area (TPSA) is 53.4 Å². The zero-order valence-corrected chi connectivity index (χ0v) is 15.3. The summed E-state index contributed by atoms with van der Waals surface area (Å²) in [5.41, 5.74) is 3.29. The van der Waals surface area contributed by atoms with E-state index in [9.17, 15) is 4.79 Å². The van der Waals surface area contributed by atoms with Crippen LogP contribution in [0.1, 0.15) is 17.0 Å². The molecule has 0 saturated carbocycles. The summed E-state index contributed by atoms with van der Waals surface area (Å²) in [6, 6.07) is 6.02. The summed E-state index contributed by atoms with van der Waals surface area (Å²) in [4.78, 5) is 21.0. The average Bonchev–Trinajstić information content (AvgIpc) is 3.02. The molecule has 0 bridgehead atoms. The van der Waals surface area contributed by atoms with Gasteiger partial charge in [0.1, 0.15) is 5.82 Å². The SMILES string of the molecule is Cc1ccc(NC(=O)N2CCN(CCn3ccnc3C)CC2)cc1C. The molecule has 2 heterocycles. The molecule has 134 valence electrons. The van der Waals surface area contributed by atoms with Gasteiger partial charge in [0.2, 0.25) is 0 Å². The first-order valence-electron chi connectivity index (χ1n) is 8.86. The standard InChI is InChI=1S/C19H27N5O/c1-15-4-5-18(14-16(15)2)21-19(25)24-12-9-22(10-13-24)8-11-23-7-6-20-17(23)3/h4-7,14H,8-13H2,1-3H3,(H,21,25). The Hall–Kier alpha value is -2.34. The summed E-state index contributed by atoms with van der Waals surface area (Å²) in [6.45, 7) is 11.4. The molecule has 1 aliphatic heterocycles. The van der Waals surface area contributed by atoms with Crippen LogP contribution in [0.3, 0.4) is 0 Å². The molecule has 2 amide bonds. The van der Waals surface area contributed by atoms with Crippen LogP contribution in [0.4, 0.5) is 10.5 Å². The van der Waals surface area contributed by atoms with E-state index in [1.807, 2.05) is 42.4 Å². The van der Waals surface area contributed by atoms with Crippen molar-refractivity contribution in [3.8, 4) is 0 Å². The van der Waals surface area contributed by atoms with E-state index >= 15 is 0 Å². The monoisotopic (exact) mass is 341 g/mol.